The van der Waals surface area contributed by atoms with E-state index in [2.05, 4.69) is 33.8 Å². The van der Waals surface area contributed by atoms with Crippen LogP contribution in [0.1, 0.15) is 35.6 Å². The number of hydrogen-bond acceptors (Lipinski definition) is 4. The Morgan fingerprint density at radius 2 is 2.40 bits per heavy atom. The fourth-order valence-electron chi connectivity index (χ4n) is 2.52. The van der Waals surface area contributed by atoms with Crippen LogP contribution in [0.3, 0.4) is 0 Å². The third-order valence-electron chi connectivity index (χ3n) is 3.60. The van der Waals surface area contributed by atoms with Crippen LogP contribution in [0.2, 0.25) is 0 Å². The Hall–Kier alpha value is -0.750. The van der Waals surface area contributed by atoms with Crippen LogP contribution in [-0.4, -0.2) is 35.5 Å². The van der Waals surface area contributed by atoms with Crippen LogP contribution in [0.15, 0.2) is 11.2 Å². The number of aliphatic imine (C=N–C) groups is 1. The summed E-state index contributed by atoms with van der Waals surface area (Å²) in [4.78, 5) is 9.93. The molecule has 112 valence electrons. The van der Waals surface area contributed by atoms with Crippen molar-refractivity contribution in [2.45, 2.75) is 50.4 Å². The minimum Gasteiger partial charge on any atom is -0.354 e. The van der Waals surface area contributed by atoms with Gasteiger partial charge in [-0.15, -0.1) is 11.3 Å². The van der Waals surface area contributed by atoms with Gasteiger partial charge in [-0.1, -0.05) is 6.42 Å². The van der Waals surface area contributed by atoms with Crippen molar-refractivity contribution in [1.29, 1.82) is 0 Å². The highest BCUT2D eigenvalue weighted by Gasteiger charge is 2.21. The second-order valence-electron chi connectivity index (χ2n) is 5.16. The molecule has 1 saturated carbocycles. The number of guanidine groups is 1. The number of thioether (sulfide) groups is 1. The lowest BCUT2D eigenvalue weighted by Crippen LogP contribution is -2.45. The van der Waals surface area contributed by atoms with E-state index >= 15 is 0 Å². The molecule has 2 N–H and O–H groups in total. The lowest BCUT2D eigenvalue weighted by Gasteiger charge is -2.29. The number of nitrogens with one attached hydrogen (secondary N) is 2. The van der Waals surface area contributed by atoms with Gasteiger partial charge in [0.05, 0.1) is 6.54 Å². The molecule has 2 atom stereocenters. The molecule has 0 saturated heterocycles. The van der Waals surface area contributed by atoms with E-state index in [9.17, 15) is 0 Å². The third kappa shape index (κ3) is 4.66. The summed E-state index contributed by atoms with van der Waals surface area (Å²) in [6, 6.07) is 0.547. The number of aryl methyl sites for hydroxylation is 1. The molecule has 6 heteroatoms. The molecule has 20 heavy (non-hydrogen) atoms. The lowest BCUT2D eigenvalue weighted by molar-refractivity contribution is 0.419. The Morgan fingerprint density at radius 1 is 1.55 bits per heavy atom. The predicted molar refractivity (Wildman–Crippen MR) is 89.7 cm³/mol. The highest BCUT2D eigenvalue weighted by atomic mass is 32.2. The lowest BCUT2D eigenvalue weighted by atomic mass is 9.95. The normalized spacial score (nSPS) is 23.6. The Kier molecular flexibility index (Phi) is 6.16. The van der Waals surface area contributed by atoms with Gasteiger partial charge in [0.15, 0.2) is 5.96 Å². The number of hydrogen-bond donors (Lipinski definition) is 2. The van der Waals surface area contributed by atoms with Crippen molar-refractivity contribution in [2.24, 2.45) is 4.99 Å². The quantitative estimate of drug-likeness (QED) is 0.663. The second kappa shape index (κ2) is 7.88. The van der Waals surface area contributed by atoms with Gasteiger partial charge in [-0.25, -0.2) is 4.98 Å². The molecule has 1 aliphatic rings. The predicted octanol–water partition coefficient (Wildman–Crippen LogP) is 2.79. The second-order valence-corrected chi connectivity index (χ2v) is 7.61. The van der Waals surface area contributed by atoms with Crippen molar-refractivity contribution < 1.29 is 0 Å². The van der Waals surface area contributed by atoms with Crippen molar-refractivity contribution in [1.82, 2.24) is 15.6 Å². The minimum atomic E-state index is 0.547. The first-order valence-electron chi connectivity index (χ1n) is 7.12. The van der Waals surface area contributed by atoms with Gasteiger partial charge in [0.25, 0.3) is 0 Å². The first-order chi connectivity index (χ1) is 9.71. The van der Waals surface area contributed by atoms with Gasteiger partial charge < -0.3 is 10.6 Å². The maximum Gasteiger partial charge on any atom is 0.191 e. The van der Waals surface area contributed by atoms with Crippen LogP contribution < -0.4 is 10.6 Å². The Labute approximate surface area is 129 Å². The summed E-state index contributed by atoms with van der Waals surface area (Å²) in [5.41, 5.74) is 0. The number of thiazole rings is 1. The van der Waals surface area contributed by atoms with E-state index in [4.69, 9.17) is 0 Å². The van der Waals surface area contributed by atoms with Crippen molar-refractivity contribution in [3.8, 4) is 0 Å². The first kappa shape index (κ1) is 15.6. The molecule has 2 rings (SSSR count). The summed E-state index contributed by atoms with van der Waals surface area (Å²) >= 11 is 3.72. The van der Waals surface area contributed by atoms with E-state index < -0.39 is 0 Å². The van der Waals surface area contributed by atoms with Crippen LogP contribution in [0, 0.1) is 6.92 Å². The van der Waals surface area contributed by atoms with E-state index in [0.29, 0.717) is 6.04 Å². The maximum atomic E-state index is 4.36. The van der Waals surface area contributed by atoms with Gasteiger partial charge >= 0.3 is 0 Å². The molecule has 1 aromatic rings. The van der Waals surface area contributed by atoms with E-state index in [1.54, 1.807) is 11.3 Å². The molecule has 0 aliphatic heterocycles. The number of rotatable bonds is 4. The van der Waals surface area contributed by atoms with Gasteiger partial charge in [0.2, 0.25) is 0 Å². The SMILES string of the molecule is CN=C(NCc1ncc(C)s1)NC1CCCC(SC)C1. The van der Waals surface area contributed by atoms with Crippen molar-refractivity contribution in [3.05, 3.63) is 16.1 Å². The fourth-order valence-corrected chi connectivity index (χ4v) is 4.07. The first-order valence-corrected chi connectivity index (χ1v) is 9.23. The summed E-state index contributed by atoms with van der Waals surface area (Å²) in [6.07, 6.45) is 9.27. The molecule has 0 amide bonds. The average molecular weight is 313 g/mol. The highest BCUT2D eigenvalue weighted by Crippen LogP contribution is 2.26. The molecule has 4 nitrogen and oxygen atoms in total. The van der Waals surface area contributed by atoms with Crippen molar-refractivity contribution >= 4 is 29.1 Å². The molecular formula is C14H24N4S2. The molecule has 0 aromatic carbocycles. The third-order valence-corrected chi connectivity index (χ3v) is 5.61. The molecule has 1 heterocycles. The largest absolute Gasteiger partial charge is 0.354 e. The molecule has 0 radical (unpaired) electrons. The van der Waals surface area contributed by atoms with Crippen molar-refractivity contribution in [2.75, 3.05) is 13.3 Å². The highest BCUT2D eigenvalue weighted by molar-refractivity contribution is 7.99. The van der Waals surface area contributed by atoms with E-state index in [1.165, 1.54) is 30.6 Å². The topological polar surface area (TPSA) is 49.3 Å². The summed E-state index contributed by atoms with van der Waals surface area (Å²) < 4.78 is 0. The smallest absolute Gasteiger partial charge is 0.191 e. The molecule has 1 aromatic heterocycles. The monoisotopic (exact) mass is 312 g/mol. The Bertz CT molecular complexity index is 444. The summed E-state index contributed by atoms with van der Waals surface area (Å²) in [5.74, 6) is 0.893. The van der Waals surface area contributed by atoms with Crippen LogP contribution in [-0.2, 0) is 6.54 Å². The van der Waals surface area contributed by atoms with Crippen LogP contribution in [0.25, 0.3) is 0 Å². The van der Waals surface area contributed by atoms with E-state index in [0.717, 1.165) is 22.8 Å². The zero-order valence-electron chi connectivity index (χ0n) is 12.5. The van der Waals surface area contributed by atoms with Crippen LogP contribution >= 0.6 is 23.1 Å². The molecule has 0 spiro atoms. The number of aromatic nitrogens is 1. The van der Waals surface area contributed by atoms with Gasteiger partial charge in [0, 0.05) is 29.4 Å². The van der Waals surface area contributed by atoms with Gasteiger partial charge in [0.1, 0.15) is 5.01 Å². The van der Waals surface area contributed by atoms with E-state index in [-0.39, 0.29) is 0 Å². The fraction of sp³-hybridized carbons (Fsp3) is 0.714. The summed E-state index contributed by atoms with van der Waals surface area (Å²) in [6.45, 7) is 2.83. The molecule has 1 fully saturated rings. The van der Waals surface area contributed by atoms with Crippen LogP contribution in [0.5, 0.6) is 0 Å². The molecule has 1 aliphatic carbocycles. The zero-order chi connectivity index (χ0) is 14.4. The van der Waals surface area contributed by atoms with E-state index in [1.807, 2.05) is 25.0 Å². The number of nitrogens with zero attached hydrogens (tertiary/aromatic N) is 2. The molecular weight excluding hydrogens is 288 g/mol. The van der Waals surface area contributed by atoms with Gasteiger partial charge in [-0.3, -0.25) is 4.99 Å². The standard InChI is InChI=1S/C14H24N4S2/c1-10-8-16-13(20-10)9-17-14(15-2)18-11-5-4-6-12(7-11)19-3/h8,11-12H,4-7,9H2,1-3H3,(H2,15,17,18). The summed E-state index contributed by atoms with van der Waals surface area (Å²) in [5, 5.41) is 8.81. The average Bonchev–Trinajstić information content (AvgIpc) is 2.89. The molecule has 0 bridgehead atoms. The molecule has 2 unspecified atom stereocenters. The Balaban J connectivity index is 1.80. The van der Waals surface area contributed by atoms with Crippen LogP contribution in [0.4, 0.5) is 0 Å². The van der Waals surface area contributed by atoms with Gasteiger partial charge in [-0.05, 0) is 32.4 Å². The Morgan fingerprint density at radius 3 is 3.05 bits per heavy atom. The maximum absolute atomic E-state index is 4.36. The minimum absolute atomic E-state index is 0.547. The van der Waals surface area contributed by atoms with Gasteiger partial charge in [-0.2, -0.15) is 11.8 Å². The zero-order valence-corrected chi connectivity index (χ0v) is 14.1. The summed E-state index contributed by atoms with van der Waals surface area (Å²) in [7, 11) is 1.83. The van der Waals surface area contributed by atoms with Crippen molar-refractivity contribution in [3.63, 3.8) is 0 Å².